The maximum absolute atomic E-state index is 13.3. The van der Waals surface area contributed by atoms with Gasteiger partial charge in [-0.05, 0) is 62.9 Å². The summed E-state index contributed by atoms with van der Waals surface area (Å²) in [6.45, 7) is 9.52. The van der Waals surface area contributed by atoms with E-state index in [1.807, 2.05) is 35.9 Å². The highest BCUT2D eigenvalue weighted by Crippen LogP contribution is 2.27. The molecule has 1 aliphatic heterocycles. The van der Waals surface area contributed by atoms with Crippen LogP contribution in [0.2, 0.25) is 0 Å². The zero-order valence-corrected chi connectivity index (χ0v) is 18.8. The van der Waals surface area contributed by atoms with Crippen LogP contribution >= 0.6 is 0 Å². The normalized spacial score (nSPS) is 16.0. The maximum Gasteiger partial charge on any atom is 0.253 e. The number of nitrogens with one attached hydrogen (secondary N) is 1. The molecule has 31 heavy (non-hydrogen) atoms. The van der Waals surface area contributed by atoms with E-state index >= 15 is 0 Å². The van der Waals surface area contributed by atoms with Crippen molar-refractivity contribution in [1.82, 2.24) is 24.8 Å². The van der Waals surface area contributed by atoms with Gasteiger partial charge in [-0.2, -0.15) is 0 Å². The van der Waals surface area contributed by atoms with Gasteiger partial charge in [0, 0.05) is 36.6 Å². The first-order valence-corrected chi connectivity index (χ1v) is 11.4. The van der Waals surface area contributed by atoms with Crippen LogP contribution in [-0.4, -0.2) is 51.0 Å². The molecule has 6 nitrogen and oxygen atoms in total. The highest BCUT2D eigenvalue weighted by molar-refractivity contribution is 6.08. The number of benzene rings is 1. The smallest absolute Gasteiger partial charge is 0.253 e. The lowest BCUT2D eigenvalue weighted by Gasteiger charge is -2.35. The van der Waals surface area contributed by atoms with Crippen molar-refractivity contribution in [2.24, 2.45) is 5.92 Å². The van der Waals surface area contributed by atoms with Crippen LogP contribution in [0, 0.1) is 12.8 Å². The minimum absolute atomic E-state index is 0.0280. The first kappa shape index (κ1) is 21.5. The first-order valence-electron chi connectivity index (χ1n) is 11.4. The third-order valence-electron chi connectivity index (χ3n) is 6.20. The predicted molar refractivity (Wildman–Crippen MR) is 125 cm³/mol. The van der Waals surface area contributed by atoms with Gasteiger partial charge in [-0.1, -0.05) is 32.4 Å². The van der Waals surface area contributed by atoms with Crippen LogP contribution in [-0.2, 0) is 0 Å². The Bertz CT molecular complexity index is 1020. The van der Waals surface area contributed by atoms with Crippen molar-refractivity contribution < 1.29 is 4.79 Å². The second kappa shape index (κ2) is 9.60. The summed E-state index contributed by atoms with van der Waals surface area (Å²) in [5, 5.41) is 4.21. The Balaban J connectivity index is 1.60. The van der Waals surface area contributed by atoms with Crippen LogP contribution in [0.25, 0.3) is 16.9 Å². The molecule has 1 aliphatic rings. The Morgan fingerprint density at radius 2 is 1.84 bits per heavy atom. The molecule has 0 aliphatic carbocycles. The Hall–Kier alpha value is -2.73. The van der Waals surface area contributed by atoms with Gasteiger partial charge < -0.3 is 5.32 Å². The van der Waals surface area contributed by atoms with Crippen LogP contribution in [0.15, 0.2) is 42.9 Å². The van der Waals surface area contributed by atoms with Crippen LogP contribution in [0.5, 0.6) is 0 Å². The monoisotopic (exact) mass is 419 g/mol. The lowest BCUT2D eigenvalue weighted by molar-refractivity contribution is 0.0914. The molecule has 3 heterocycles. The predicted octanol–water partition coefficient (Wildman–Crippen LogP) is 4.36. The van der Waals surface area contributed by atoms with Crippen molar-refractivity contribution in [1.29, 1.82) is 0 Å². The molecule has 1 N–H and O–H groups in total. The number of carbonyl (C=O) groups excluding carboxylic acids is 1. The summed E-state index contributed by atoms with van der Waals surface area (Å²) in [5.74, 6) is 1.14. The van der Waals surface area contributed by atoms with E-state index in [1.54, 1.807) is 18.5 Å². The molecule has 0 spiro atoms. The Labute approximate surface area is 184 Å². The van der Waals surface area contributed by atoms with E-state index in [-0.39, 0.29) is 5.91 Å². The van der Waals surface area contributed by atoms with Crippen LogP contribution < -0.4 is 5.32 Å². The fourth-order valence-corrected chi connectivity index (χ4v) is 4.71. The number of likely N-dealkylation sites (tertiary alicyclic amines) is 1. The van der Waals surface area contributed by atoms with E-state index in [1.165, 1.54) is 19.3 Å². The van der Waals surface area contributed by atoms with Gasteiger partial charge in [-0.15, -0.1) is 0 Å². The average molecular weight is 420 g/mol. The largest absolute Gasteiger partial charge is 0.350 e. The van der Waals surface area contributed by atoms with E-state index in [0.717, 1.165) is 36.0 Å². The summed E-state index contributed by atoms with van der Waals surface area (Å²) < 4.78 is 1.91. The number of aromatic nitrogens is 3. The standard InChI is InChI=1S/C25H33N5O/c1-18(2)15-20(29-13-5-4-6-14-29)16-28-24(31)21-17-30(25-26-11-8-12-27-25)22-10-7-9-19(3)23(21)22/h7-12,17-18,20H,4-6,13-16H2,1-3H3,(H,28,31). The lowest BCUT2D eigenvalue weighted by atomic mass is 9.99. The number of hydrogen-bond acceptors (Lipinski definition) is 4. The fourth-order valence-electron chi connectivity index (χ4n) is 4.71. The summed E-state index contributed by atoms with van der Waals surface area (Å²) >= 11 is 0. The highest BCUT2D eigenvalue weighted by Gasteiger charge is 2.24. The Morgan fingerprint density at radius 3 is 2.55 bits per heavy atom. The minimum atomic E-state index is -0.0280. The van der Waals surface area contributed by atoms with Crippen molar-refractivity contribution in [3.63, 3.8) is 0 Å². The zero-order chi connectivity index (χ0) is 21.8. The molecule has 0 bridgehead atoms. The van der Waals surface area contributed by atoms with E-state index in [4.69, 9.17) is 0 Å². The van der Waals surface area contributed by atoms with Crippen LogP contribution in [0.4, 0.5) is 0 Å². The van der Waals surface area contributed by atoms with Crippen molar-refractivity contribution in [2.45, 2.75) is 52.5 Å². The molecule has 1 unspecified atom stereocenters. The number of amides is 1. The van der Waals surface area contributed by atoms with Gasteiger partial charge in [-0.25, -0.2) is 9.97 Å². The molecule has 1 atom stereocenters. The molecule has 1 amide bonds. The maximum atomic E-state index is 13.3. The molecule has 1 saturated heterocycles. The van der Waals surface area contributed by atoms with E-state index in [9.17, 15) is 4.79 Å². The molecular formula is C25H33N5O. The minimum Gasteiger partial charge on any atom is -0.350 e. The number of nitrogens with zero attached hydrogens (tertiary/aromatic N) is 4. The Morgan fingerprint density at radius 1 is 1.10 bits per heavy atom. The molecule has 6 heteroatoms. The number of hydrogen-bond donors (Lipinski definition) is 1. The number of piperidine rings is 1. The molecule has 0 radical (unpaired) electrons. The number of aryl methyl sites for hydroxylation is 1. The van der Waals surface area contributed by atoms with Crippen molar-refractivity contribution in [2.75, 3.05) is 19.6 Å². The van der Waals surface area contributed by atoms with Gasteiger partial charge >= 0.3 is 0 Å². The average Bonchev–Trinajstić information content (AvgIpc) is 3.18. The Kier molecular flexibility index (Phi) is 6.66. The SMILES string of the molecule is Cc1cccc2c1c(C(=O)NCC(CC(C)C)N1CCCCC1)cn2-c1ncccn1. The number of carbonyl (C=O) groups is 1. The topological polar surface area (TPSA) is 63.1 Å². The summed E-state index contributed by atoms with van der Waals surface area (Å²) in [4.78, 5) is 24.7. The van der Waals surface area contributed by atoms with E-state index in [2.05, 4.69) is 34.0 Å². The summed E-state index contributed by atoms with van der Waals surface area (Å²) in [6.07, 6.45) is 10.2. The van der Waals surface area contributed by atoms with Gasteiger partial charge in [0.1, 0.15) is 0 Å². The van der Waals surface area contributed by atoms with Crippen molar-refractivity contribution in [3.8, 4) is 5.95 Å². The van der Waals surface area contributed by atoms with Gasteiger partial charge in [0.15, 0.2) is 0 Å². The van der Waals surface area contributed by atoms with Gasteiger partial charge in [0.25, 0.3) is 5.91 Å². The number of rotatable bonds is 7. The molecule has 164 valence electrons. The van der Waals surface area contributed by atoms with Crippen LogP contribution in [0.1, 0.15) is 55.5 Å². The quantitative estimate of drug-likeness (QED) is 0.618. The second-order valence-electron chi connectivity index (χ2n) is 9.02. The molecule has 4 rings (SSSR count). The summed E-state index contributed by atoms with van der Waals surface area (Å²) in [6, 6.07) is 8.25. The van der Waals surface area contributed by atoms with Crippen molar-refractivity contribution >= 4 is 16.8 Å². The number of fused-ring (bicyclic) bond motifs is 1. The molecule has 1 aromatic carbocycles. The highest BCUT2D eigenvalue weighted by atomic mass is 16.1. The van der Waals surface area contributed by atoms with Gasteiger partial charge in [-0.3, -0.25) is 14.3 Å². The third kappa shape index (κ3) is 4.79. The molecular weight excluding hydrogens is 386 g/mol. The van der Waals surface area contributed by atoms with Crippen molar-refractivity contribution in [3.05, 3.63) is 54.0 Å². The lowest BCUT2D eigenvalue weighted by Crippen LogP contribution is -2.46. The first-order chi connectivity index (χ1) is 15.0. The molecule has 1 fully saturated rings. The molecule has 0 saturated carbocycles. The van der Waals surface area contributed by atoms with Gasteiger partial charge in [0.05, 0.1) is 11.1 Å². The summed E-state index contributed by atoms with van der Waals surface area (Å²) in [7, 11) is 0. The van der Waals surface area contributed by atoms with Gasteiger partial charge in [0.2, 0.25) is 5.95 Å². The third-order valence-corrected chi connectivity index (χ3v) is 6.20. The van der Waals surface area contributed by atoms with E-state index < -0.39 is 0 Å². The zero-order valence-electron chi connectivity index (χ0n) is 18.8. The van der Waals surface area contributed by atoms with Crippen LogP contribution in [0.3, 0.4) is 0 Å². The summed E-state index contributed by atoms with van der Waals surface area (Å²) in [5.41, 5.74) is 2.71. The molecule has 3 aromatic rings. The fraction of sp³-hybridized carbons (Fsp3) is 0.480. The second-order valence-corrected chi connectivity index (χ2v) is 9.02. The van der Waals surface area contributed by atoms with E-state index in [0.29, 0.717) is 30.0 Å². The molecule has 2 aromatic heterocycles.